The molecule has 19 heavy (non-hydrogen) atoms. The van der Waals surface area contributed by atoms with Gasteiger partial charge in [0.25, 0.3) is 0 Å². The maximum atomic E-state index is 5.96. The maximum Gasteiger partial charge on any atom is 0.164 e. The number of aromatic nitrogens is 3. The molecule has 2 rings (SSSR count). The summed E-state index contributed by atoms with van der Waals surface area (Å²) in [6.07, 6.45) is 1.75. The van der Waals surface area contributed by atoms with Crippen LogP contribution in [-0.4, -0.2) is 20.3 Å². The van der Waals surface area contributed by atoms with Crippen molar-refractivity contribution in [2.24, 2.45) is 0 Å². The van der Waals surface area contributed by atoms with Crippen LogP contribution in [0, 0.1) is 0 Å². The Kier molecular flexibility index (Phi) is 4.22. The van der Waals surface area contributed by atoms with Crippen molar-refractivity contribution in [3.05, 3.63) is 47.0 Å². The number of hydrogen-bond donors (Lipinski definition) is 1. The van der Waals surface area contributed by atoms with Gasteiger partial charge < -0.3 is 5.32 Å². The molecule has 1 aromatic carbocycles. The summed E-state index contributed by atoms with van der Waals surface area (Å²) in [5.41, 5.74) is 1.19. The summed E-state index contributed by atoms with van der Waals surface area (Å²) in [5, 5.41) is 8.55. The molecule has 0 amide bonds. The maximum absolute atomic E-state index is 5.96. The second kappa shape index (κ2) is 5.72. The third kappa shape index (κ3) is 4.65. The highest BCUT2D eigenvalue weighted by molar-refractivity contribution is 6.30. The minimum Gasteiger partial charge on any atom is -0.305 e. The van der Waals surface area contributed by atoms with Gasteiger partial charge in [-0.1, -0.05) is 23.7 Å². The van der Waals surface area contributed by atoms with Crippen molar-refractivity contribution in [3.8, 4) is 0 Å². The van der Waals surface area contributed by atoms with E-state index in [0.717, 1.165) is 16.4 Å². The van der Waals surface area contributed by atoms with Gasteiger partial charge in [-0.05, 0) is 38.5 Å². The fourth-order valence-corrected chi connectivity index (χ4v) is 1.87. The first kappa shape index (κ1) is 14.0. The van der Waals surface area contributed by atoms with Crippen molar-refractivity contribution < 1.29 is 0 Å². The molecule has 0 spiro atoms. The lowest BCUT2D eigenvalue weighted by atomic mass is 10.1. The Morgan fingerprint density at radius 2 is 2.11 bits per heavy atom. The van der Waals surface area contributed by atoms with Crippen LogP contribution in [0.25, 0.3) is 0 Å². The minimum atomic E-state index is 0.0679. The van der Waals surface area contributed by atoms with E-state index in [-0.39, 0.29) is 5.54 Å². The molecule has 0 radical (unpaired) electrons. The molecule has 0 aliphatic rings. The van der Waals surface area contributed by atoms with Gasteiger partial charge in [-0.25, -0.2) is 9.67 Å². The van der Waals surface area contributed by atoms with Crippen LogP contribution in [0.1, 0.15) is 32.2 Å². The summed E-state index contributed by atoms with van der Waals surface area (Å²) in [7, 11) is 0. The van der Waals surface area contributed by atoms with Crippen LogP contribution in [0.15, 0.2) is 30.6 Å². The Morgan fingerprint density at radius 1 is 1.32 bits per heavy atom. The Hall–Kier alpha value is -1.39. The van der Waals surface area contributed by atoms with Crippen molar-refractivity contribution in [3.63, 3.8) is 0 Å². The van der Waals surface area contributed by atoms with Crippen LogP contribution in [0.3, 0.4) is 0 Å². The van der Waals surface area contributed by atoms with Crippen LogP contribution < -0.4 is 5.32 Å². The fraction of sp³-hybridized carbons (Fsp3) is 0.429. The molecule has 1 heterocycles. The zero-order valence-electron chi connectivity index (χ0n) is 11.5. The van der Waals surface area contributed by atoms with E-state index in [0.29, 0.717) is 13.1 Å². The number of halogens is 1. The summed E-state index contributed by atoms with van der Waals surface area (Å²) < 4.78 is 1.82. The van der Waals surface area contributed by atoms with Gasteiger partial charge in [0, 0.05) is 10.6 Å². The molecule has 1 aromatic heterocycles. The second-order valence-corrected chi connectivity index (χ2v) is 6.03. The molecule has 102 valence electrons. The molecule has 0 atom stereocenters. The topological polar surface area (TPSA) is 42.7 Å². The Morgan fingerprint density at radius 3 is 2.79 bits per heavy atom. The summed E-state index contributed by atoms with van der Waals surface area (Å²) >= 11 is 5.96. The lowest BCUT2D eigenvalue weighted by Crippen LogP contribution is -2.35. The highest BCUT2D eigenvalue weighted by Crippen LogP contribution is 2.11. The lowest BCUT2D eigenvalue weighted by molar-refractivity contribution is 0.417. The van der Waals surface area contributed by atoms with Crippen molar-refractivity contribution in [2.45, 2.75) is 39.4 Å². The second-order valence-electron chi connectivity index (χ2n) is 5.59. The molecule has 0 aliphatic heterocycles. The van der Waals surface area contributed by atoms with E-state index in [1.165, 1.54) is 0 Å². The number of nitrogens with zero attached hydrogens (tertiary/aromatic N) is 3. The highest BCUT2D eigenvalue weighted by atomic mass is 35.5. The Balaban J connectivity index is 1.97. The minimum absolute atomic E-state index is 0.0679. The third-order valence-corrected chi connectivity index (χ3v) is 2.83. The van der Waals surface area contributed by atoms with Crippen molar-refractivity contribution in [2.75, 3.05) is 0 Å². The Bertz CT molecular complexity index is 542. The SMILES string of the molecule is CC(C)(C)NCc1ncn(Cc2cccc(Cl)c2)n1. The van der Waals surface area contributed by atoms with Gasteiger partial charge in [-0.15, -0.1) is 0 Å². The molecule has 5 heteroatoms. The van der Waals surface area contributed by atoms with E-state index in [2.05, 4.69) is 36.2 Å². The van der Waals surface area contributed by atoms with E-state index >= 15 is 0 Å². The first-order valence-electron chi connectivity index (χ1n) is 6.30. The smallest absolute Gasteiger partial charge is 0.164 e. The summed E-state index contributed by atoms with van der Waals surface area (Å²) in [5.74, 6) is 0.803. The predicted octanol–water partition coefficient (Wildman–Crippen LogP) is 2.87. The van der Waals surface area contributed by atoms with E-state index in [1.54, 1.807) is 6.33 Å². The molecule has 0 saturated carbocycles. The molecule has 0 bridgehead atoms. The molecule has 2 aromatic rings. The number of benzene rings is 1. The first-order valence-corrected chi connectivity index (χ1v) is 6.68. The van der Waals surface area contributed by atoms with Crippen LogP contribution in [0.2, 0.25) is 5.02 Å². The average molecular weight is 279 g/mol. The number of nitrogens with one attached hydrogen (secondary N) is 1. The van der Waals surface area contributed by atoms with E-state index in [4.69, 9.17) is 11.6 Å². The van der Waals surface area contributed by atoms with Crippen LogP contribution >= 0.6 is 11.6 Å². The van der Waals surface area contributed by atoms with Gasteiger partial charge in [-0.2, -0.15) is 5.10 Å². The highest BCUT2D eigenvalue weighted by Gasteiger charge is 2.10. The summed E-state index contributed by atoms with van der Waals surface area (Å²) in [6.45, 7) is 7.72. The molecule has 0 unspecified atom stereocenters. The van der Waals surface area contributed by atoms with Gasteiger partial charge in [0.05, 0.1) is 13.1 Å². The van der Waals surface area contributed by atoms with Gasteiger partial charge in [0.1, 0.15) is 6.33 Å². The van der Waals surface area contributed by atoms with Crippen molar-refractivity contribution in [1.29, 1.82) is 0 Å². The van der Waals surface area contributed by atoms with Crippen LogP contribution in [0.4, 0.5) is 0 Å². The quantitative estimate of drug-likeness (QED) is 0.935. The predicted molar refractivity (Wildman–Crippen MR) is 77.2 cm³/mol. The molecule has 0 fully saturated rings. The van der Waals surface area contributed by atoms with Gasteiger partial charge in [0.2, 0.25) is 0 Å². The molecular weight excluding hydrogens is 260 g/mol. The standard InChI is InChI=1S/C14H19ClN4/c1-14(2,3)17-8-13-16-10-19(18-13)9-11-5-4-6-12(15)7-11/h4-7,10,17H,8-9H2,1-3H3. The van der Waals surface area contributed by atoms with Gasteiger partial charge >= 0.3 is 0 Å². The van der Waals surface area contributed by atoms with E-state index in [1.807, 2.05) is 28.9 Å². The molecular formula is C14H19ClN4. The van der Waals surface area contributed by atoms with E-state index in [9.17, 15) is 0 Å². The first-order chi connectivity index (χ1) is 8.92. The fourth-order valence-electron chi connectivity index (χ4n) is 1.66. The lowest BCUT2D eigenvalue weighted by Gasteiger charge is -2.19. The normalized spacial score (nSPS) is 11.8. The zero-order valence-corrected chi connectivity index (χ0v) is 12.3. The van der Waals surface area contributed by atoms with Crippen molar-refractivity contribution >= 4 is 11.6 Å². The largest absolute Gasteiger partial charge is 0.305 e. The zero-order chi connectivity index (χ0) is 13.9. The van der Waals surface area contributed by atoms with Gasteiger partial charge in [0.15, 0.2) is 5.82 Å². The van der Waals surface area contributed by atoms with E-state index < -0.39 is 0 Å². The molecule has 4 nitrogen and oxygen atoms in total. The molecule has 1 N–H and O–H groups in total. The number of hydrogen-bond acceptors (Lipinski definition) is 3. The molecule has 0 aliphatic carbocycles. The van der Waals surface area contributed by atoms with Crippen LogP contribution in [0.5, 0.6) is 0 Å². The third-order valence-electron chi connectivity index (χ3n) is 2.59. The summed E-state index contributed by atoms with van der Waals surface area (Å²) in [4.78, 5) is 4.29. The van der Waals surface area contributed by atoms with Crippen LogP contribution in [-0.2, 0) is 13.1 Å². The Labute approximate surface area is 118 Å². The van der Waals surface area contributed by atoms with Crippen molar-refractivity contribution in [1.82, 2.24) is 20.1 Å². The van der Waals surface area contributed by atoms with Gasteiger partial charge in [-0.3, -0.25) is 0 Å². The molecule has 0 saturated heterocycles. The monoisotopic (exact) mass is 278 g/mol. The summed E-state index contributed by atoms with van der Waals surface area (Å²) in [6, 6.07) is 7.78. The average Bonchev–Trinajstić information content (AvgIpc) is 2.73. The number of rotatable bonds is 4.